The molecule has 0 N–H and O–H groups in total. The van der Waals surface area contributed by atoms with Gasteiger partial charge in [-0.2, -0.15) is 0 Å². The molecule has 0 aromatic heterocycles. The van der Waals surface area contributed by atoms with Crippen LogP contribution in [-0.2, 0) is 14.6 Å². The van der Waals surface area contributed by atoms with Gasteiger partial charge in [0.05, 0.1) is 7.11 Å². The minimum absolute atomic E-state index is 0.0305. The summed E-state index contributed by atoms with van der Waals surface area (Å²) in [6, 6.07) is 2.84. The monoisotopic (exact) mass is 274 g/mol. The van der Waals surface area contributed by atoms with Crippen LogP contribution in [0.15, 0.2) is 17.0 Å². The standard InChI is InChI=1S/C12H15FO4S/c1-8(6-7-14)9-4-5-10(17-2)12(11(9)13)18(3,15)16/h4-5,7-8H,6H2,1-3H3. The Hall–Kier alpha value is -1.43. The highest BCUT2D eigenvalue weighted by atomic mass is 32.2. The van der Waals surface area contributed by atoms with E-state index in [1.807, 2.05) is 0 Å². The normalized spacial score (nSPS) is 13.1. The lowest BCUT2D eigenvalue weighted by Gasteiger charge is -2.14. The van der Waals surface area contributed by atoms with Crippen molar-refractivity contribution in [2.45, 2.75) is 24.2 Å². The molecular weight excluding hydrogens is 259 g/mol. The molecule has 0 radical (unpaired) electrons. The van der Waals surface area contributed by atoms with Crippen molar-refractivity contribution in [2.75, 3.05) is 13.4 Å². The van der Waals surface area contributed by atoms with E-state index in [0.717, 1.165) is 6.26 Å². The summed E-state index contributed by atoms with van der Waals surface area (Å²) in [5.74, 6) is -1.25. The topological polar surface area (TPSA) is 60.4 Å². The lowest BCUT2D eigenvalue weighted by molar-refractivity contribution is -0.108. The Labute approximate surface area is 106 Å². The lowest BCUT2D eigenvalue weighted by atomic mass is 9.98. The molecule has 0 amide bonds. The summed E-state index contributed by atoms with van der Waals surface area (Å²) in [7, 11) is -2.46. The van der Waals surface area contributed by atoms with Crippen LogP contribution in [0.1, 0.15) is 24.8 Å². The van der Waals surface area contributed by atoms with Crippen molar-refractivity contribution in [3.63, 3.8) is 0 Å². The first kappa shape index (κ1) is 14.6. The van der Waals surface area contributed by atoms with E-state index >= 15 is 0 Å². The zero-order chi connectivity index (χ0) is 13.9. The molecule has 1 unspecified atom stereocenters. The van der Waals surface area contributed by atoms with Crippen LogP contribution in [-0.4, -0.2) is 28.1 Å². The largest absolute Gasteiger partial charge is 0.495 e. The van der Waals surface area contributed by atoms with Gasteiger partial charge < -0.3 is 9.53 Å². The zero-order valence-corrected chi connectivity index (χ0v) is 11.3. The highest BCUT2D eigenvalue weighted by Gasteiger charge is 2.24. The number of rotatable bonds is 5. The highest BCUT2D eigenvalue weighted by molar-refractivity contribution is 7.90. The fourth-order valence-electron chi connectivity index (χ4n) is 1.71. The molecule has 1 rings (SSSR count). The molecule has 18 heavy (non-hydrogen) atoms. The number of carbonyl (C=O) groups excluding carboxylic acids is 1. The second kappa shape index (κ2) is 5.48. The van der Waals surface area contributed by atoms with Crippen LogP contribution in [0.25, 0.3) is 0 Å². The van der Waals surface area contributed by atoms with Gasteiger partial charge in [-0.05, 0) is 17.5 Å². The number of ether oxygens (including phenoxy) is 1. The quantitative estimate of drug-likeness (QED) is 0.770. The van der Waals surface area contributed by atoms with Gasteiger partial charge in [0, 0.05) is 12.7 Å². The lowest BCUT2D eigenvalue weighted by Crippen LogP contribution is -2.08. The predicted molar refractivity (Wildman–Crippen MR) is 65.2 cm³/mol. The minimum Gasteiger partial charge on any atom is -0.495 e. The van der Waals surface area contributed by atoms with Crippen LogP contribution in [0.4, 0.5) is 4.39 Å². The van der Waals surface area contributed by atoms with Gasteiger partial charge in [-0.3, -0.25) is 0 Å². The van der Waals surface area contributed by atoms with E-state index in [4.69, 9.17) is 4.74 Å². The van der Waals surface area contributed by atoms with Gasteiger partial charge >= 0.3 is 0 Å². The highest BCUT2D eigenvalue weighted by Crippen LogP contribution is 2.32. The molecule has 0 spiro atoms. The van der Waals surface area contributed by atoms with Gasteiger partial charge in [0.25, 0.3) is 0 Å². The van der Waals surface area contributed by atoms with E-state index in [-0.39, 0.29) is 23.7 Å². The van der Waals surface area contributed by atoms with Crippen molar-refractivity contribution in [1.29, 1.82) is 0 Å². The van der Waals surface area contributed by atoms with Crippen molar-refractivity contribution in [1.82, 2.24) is 0 Å². The van der Waals surface area contributed by atoms with Crippen molar-refractivity contribution >= 4 is 16.1 Å². The van der Waals surface area contributed by atoms with Crippen molar-refractivity contribution in [3.05, 3.63) is 23.5 Å². The molecule has 1 aromatic rings. The summed E-state index contributed by atoms with van der Waals surface area (Å²) >= 11 is 0. The zero-order valence-electron chi connectivity index (χ0n) is 10.4. The molecule has 100 valence electrons. The van der Waals surface area contributed by atoms with Gasteiger partial charge in [-0.25, -0.2) is 12.8 Å². The number of hydrogen-bond acceptors (Lipinski definition) is 4. The van der Waals surface area contributed by atoms with E-state index in [1.165, 1.54) is 19.2 Å². The molecule has 0 saturated heterocycles. The smallest absolute Gasteiger partial charge is 0.182 e. The minimum atomic E-state index is -3.74. The summed E-state index contributed by atoms with van der Waals surface area (Å²) in [6.07, 6.45) is 1.73. The average Bonchev–Trinajstić information content (AvgIpc) is 2.26. The van der Waals surface area contributed by atoms with Crippen LogP contribution < -0.4 is 4.74 Å². The molecule has 0 saturated carbocycles. The number of hydrogen-bond donors (Lipinski definition) is 0. The van der Waals surface area contributed by atoms with E-state index in [0.29, 0.717) is 6.29 Å². The maximum absolute atomic E-state index is 14.2. The molecule has 6 heteroatoms. The summed E-state index contributed by atoms with van der Waals surface area (Å²) in [6.45, 7) is 1.66. The van der Waals surface area contributed by atoms with Gasteiger partial charge in [0.15, 0.2) is 9.84 Å². The summed E-state index contributed by atoms with van der Waals surface area (Å²) in [5.41, 5.74) is 0.198. The Morgan fingerprint density at radius 1 is 1.44 bits per heavy atom. The van der Waals surface area contributed by atoms with E-state index in [1.54, 1.807) is 6.92 Å². The molecule has 4 nitrogen and oxygen atoms in total. The third kappa shape index (κ3) is 2.87. The fourth-order valence-corrected chi connectivity index (χ4v) is 2.67. The number of aldehydes is 1. The maximum atomic E-state index is 14.2. The first-order valence-corrected chi connectivity index (χ1v) is 7.22. The first-order valence-electron chi connectivity index (χ1n) is 5.33. The second-order valence-electron chi connectivity index (χ2n) is 4.08. The molecule has 1 aromatic carbocycles. The SMILES string of the molecule is COc1ccc(C(C)CC=O)c(F)c1S(C)(=O)=O. The van der Waals surface area contributed by atoms with Crippen molar-refractivity contribution in [2.24, 2.45) is 0 Å². The molecule has 0 fully saturated rings. The van der Waals surface area contributed by atoms with E-state index in [2.05, 4.69) is 0 Å². The Morgan fingerprint density at radius 2 is 2.06 bits per heavy atom. The number of halogens is 1. The Balaban J connectivity index is 3.48. The first-order chi connectivity index (χ1) is 8.32. The molecule has 0 heterocycles. The Morgan fingerprint density at radius 3 is 2.50 bits per heavy atom. The third-order valence-corrected chi connectivity index (χ3v) is 3.78. The van der Waals surface area contributed by atoms with Gasteiger partial charge in [0.2, 0.25) is 0 Å². The molecule has 0 bridgehead atoms. The number of benzene rings is 1. The number of methoxy groups -OCH3 is 1. The third-order valence-electron chi connectivity index (χ3n) is 2.66. The predicted octanol–water partition coefficient (Wildman–Crippen LogP) is 1.93. The Kier molecular flexibility index (Phi) is 4.45. The van der Waals surface area contributed by atoms with Crippen molar-refractivity contribution < 1.29 is 22.3 Å². The van der Waals surface area contributed by atoms with Crippen LogP contribution in [0.3, 0.4) is 0 Å². The average molecular weight is 274 g/mol. The van der Waals surface area contributed by atoms with E-state index in [9.17, 15) is 17.6 Å². The van der Waals surface area contributed by atoms with Gasteiger partial charge in [-0.1, -0.05) is 13.0 Å². The second-order valence-corrected chi connectivity index (χ2v) is 6.03. The molecule has 0 aliphatic heterocycles. The summed E-state index contributed by atoms with van der Waals surface area (Å²) in [5, 5.41) is 0. The maximum Gasteiger partial charge on any atom is 0.182 e. The number of carbonyl (C=O) groups is 1. The summed E-state index contributed by atoms with van der Waals surface area (Å²) < 4.78 is 42.2. The molecular formula is C12H15FO4S. The van der Waals surface area contributed by atoms with Gasteiger partial charge in [-0.15, -0.1) is 0 Å². The van der Waals surface area contributed by atoms with Crippen LogP contribution in [0.5, 0.6) is 5.75 Å². The number of sulfone groups is 1. The molecule has 0 aliphatic carbocycles. The molecule has 0 aliphatic rings. The van der Waals surface area contributed by atoms with Crippen LogP contribution in [0.2, 0.25) is 0 Å². The molecule has 1 atom stereocenters. The van der Waals surface area contributed by atoms with Crippen LogP contribution >= 0.6 is 0 Å². The van der Waals surface area contributed by atoms with Crippen LogP contribution in [0, 0.1) is 5.82 Å². The van der Waals surface area contributed by atoms with Gasteiger partial charge in [0.1, 0.15) is 22.7 Å². The van der Waals surface area contributed by atoms with Crippen molar-refractivity contribution in [3.8, 4) is 5.75 Å². The summed E-state index contributed by atoms with van der Waals surface area (Å²) in [4.78, 5) is 9.98. The fraction of sp³-hybridized carbons (Fsp3) is 0.417. The van der Waals surface area contributed by atoms with E-state index < -0.39 is 20.5 Å². The Bertz CT molecular complexity index is 551.